The molecule has 1 aliphatic heterocycles. The summed E-state index contributed by atoms with van der Waals surface area (Å²) in [4.78, 5) is 23.3. The van der Waals surface area contributed by atoms with Gasteiger partial charge in [0, 0.05) is 28.5 Å². The third-order valence-corrected chi connectivity index (χ3v) is 5.06. The Labute approximate surface area is 147 Å². The zero-order chi connectivity index (χ0) is 16.5. The number of fused-ring (bicyclic) bond motifs is 1. The van der Waals surface area contributed by atoms with Crippen molar-refractivity contribution in [1.82, 2.24) is 14.9 Å². The van der Waals surface area contributed by atoms with E-state index in [9.17, 15) is 4.79 Å². The van der Waals surface area contributed by atoms with Crippen molar-refractivity contribution in [3.63, 3.8) is 0 Å². The molecule has 0 N–H and O–H groups in total. The molecule has 2 aromatic heterocycles. The van der Waals surface area contributed by atoms with Crippen molar-refractivity contribution in [2.45, 2.75) is 6.10 Å². The van der Waals surface area contributed by atoms with Gasteiger partial charge in [0.2, 0.25) is 0 Å². The lowest BCUT2D eigenvalue weighted by molar-refractivity contribution is -0.0230. The predicted molar refractivity (Wildman–Crippen MR) is 93.5 cm³/mol. The van der Waals surface area contributed by atoms with Gasteiger partial charge in [-0.3, -0.25) is 4.79 Å². The third-order valence-electron chi connectivity index (χ3n) is 3.95. The molecule has 122 valence electrons. The zero-order valence-electron chi connectivity index (χ0n) is 12.7. The Kier molecular flexibility index (Phi) is 4.18. The van der Waals surface area contributed by atoms with E-state index in [4.69, 9.17) is 16.3 Å². The normalized spacial score (nSPS) is 18.0. The number of ether oxygens (including phenoxy) is 1. The summed E-state index contributed by atoms with van der Waals surface area (Å²) >= 11 is 7.56. The third kappa shape index (κ3) is 3.00. The number of rotatable bonds is 2. The number of aromatic nitrogens is 2. The van der Waals surface area contributed by atoms with Crippen LogP contribution in [0, 0.1) is 0 Å². The molecule has 0 saturated carbocycles. The molecule has 4 rings (SSSR count). The van der Waals surface area contributed by atoms with Crippen LogP contribution >= 0.6 is 22.9 Å². The van der Waals surface area contributed by atoms with Gasteiger partial charge in [0.15, 0.2) is 0 Å². The molecule has 0 bridgehead atoms. The maximum Gasteiger partial charge on any atom is 0.272 e. The standard InChI is InChI=1S/C17H14ClN3O2S/c18-12-3-1-11-2-4-13(20-14(11)9-12)17(22)21-6-7-23-15(10-21)16-19-5-8-24-16/h1-5,8-9,15H,6-7,10H2. The van der Waals surface area contributed by atoms with E-state index in [-0.39, 0.29) is 12.0 Å². The van der Waals surface area contributed by atoms with Crippen molar-refractivity contribution in [2.75, 3.05) is 19.7 Å². The number of morpholine rings is 1. The summed E-state index contributed by atoms with van der Waals surface area (Å²) < 4.78 is 5.74. The van der Waals surface area contributed by atoms with E-state index < -0.39 is 0 Å². The number of nitrogens with zero attached hydrogens (tertiary/aromatic N) is 3. The van der Waals surface area contributed by atoms with Crippen molar-refractivity contribution in [2.24, 2.45) is 0 Å². The molecule has 0 spiro atoms. The Bertz CT molecular complexity index is 885. The maximum atomic E-state index is 12.8. The molecule has 3 aromatic rings. The van der Waals surface area contributed by atoms with Gasteiger partial charge in [-0.15, -0.1) is 11.3 Å². The second-order valence-corrected chi connectivity index (χ2v) is 6.88. The molecular weight excluding hydrogens is 346 g/mol. The number of thiazole rings is 1. The van der Waals surface area contributed by atoms with Crippen LogP contribution in [0.5, 0.6) is 0 Å². The number of hydrogen-bond donors (Lipinski definition) is 0. The van der Waals surface area contributed by atoms with E-state index >= 15 is 0 Å². The fraction of sp³-hybridized carbons (Fsp3) is 0.235. The predicted octanol–water partition coefficient (Wildman–Crippen LogP) is 3.56. The van der Waals surface area contributed by atoms with Gasteiger partial charge in [0.25, 0.3) is 5.91 Å². The zero-order valence-corrected chi connectivity index (χ0v) is 14.3. The maximum absolute atomic E-state index is 12.8. The molecule has 3 heterocycles. The summed E-state index contributed by atoms with van der Waals surface area (Å²) in [6, 6.07) is 9.13. The Balaban J connectivity index is 1.58. The largest absolute Gasteiger partial charge is 0.367 e. The number of carbonyl (C=O) groups is 1. The number of carbonyl (C=O) groups excluding carboxylic acids is 1. The molecule has 1 saturated heterocycles. The topological polar surface area (TPSA) is 55.3 Å². The second-order valence-electron chi connectivity index (χ2n) is 5.51. The van der Waals surface area contributed by atoms with Gasteiger partial charge in [0.1, 0.15) is 16.8 Å². The van der Waals surface area contributed by atoms with Gasteiger partial charge >= 0.3 is 0 Å². The number of pyridine rings is 1. The average Bonchev–Trinajstić information content (AvgIpc) is 3.15. The van der Waals surface area contributed by atoms with Crippen LogP contribution in [-0.4, -0.2) is 40.5 Å². The number of hydrogen-bond acceptors (Lipinski definition) is 5. The minimum atomic E-state index is -0.169. The molecule has 1 aliphatic rings. The fourth-order valence-corrected chi connectivity index (χ4v) is 3.59. The van der Waals surface area contributed by atoms with Crippen LogP contribution in [0.25, 0.3) is 10.9 Å². The first-order chi connectivity index (χ1) is 11.7. The summed E-state index contributed by atoms with van der Waals surface area (Å²) in [6.45, 7) is 1.53. The van der Waals surface area contributed by atoms with Crippen LogP contribution in [0.1, 0.15) is 21.6 Å². The summed E-state index contributed by atoms with van der Waals surface area (Å²) in [5.74, 6) is -0.0956. The van der Waals surface area contributed by atoms with E-state index in [1.165, 1.54) is 11.3 Å². The molecule has 5 nitrogen and oxygen atoms in total. The summed E-state index contributed by atoms with van der Waals surface area (Å²) in [7, 11) is 0. The fourth-order valence-electron chi connectivity index (χ4n) is 2.75. The first kappa shape index (κ1) is 15.5. The van der Waals surface area contributed by atoms with Gasteiger partial charge in [0.05, 0.1) is 18.7 Å². The second kappa shape index (κ2) is 6.47. The molecule has 0 aliphatic carbocycles. The first-order valence-electron chi connectivity index (χ1n) is 7.57. The van der Waals surface area contributed by atoms with Crippen molar-refractivity contribution in [1.29, 1.82) is 0 Å². The highest BCUT2D eigenvalue weighted by atomic mass is 35.5. The molecule has 1 aromatic carbocycles. The minimum Gasteiger partial charge on any atom is -0.367 e. The van der Waals surface area contributed by atoms with Crippen LogP contribution in [0.2, 0.25) is 5.02 Å². The van der Waals surface area contributed by atoms with Crippen molar-refractivity contribution >= 4 is 39.7 Å². The molecule has 1 atom stereocenters. The summed E-state index contributed by atoms with van der Waals surface area (Å²) in [5.41, 5.74) is 1.14. The summed E-state index contributed by atoms with van der Waals surface area (Å²) in [6.07, 6.45) is 1.58. The Morgan fingerprint density at radius 3 is 3.04 bits per heavy atom. The smallest absolute Gasteiger partial charge is 0.272 e. The van der Waals surface area contributed by atoms with E-state index in [0.29, 0.717) is 30.4 Å². The monoisotopic (exact) mass is 359 g/mol. The lowest BCUT2D eigenvalue weighted by atomic mass is 10.2. The van der Waals surface area contributed by atoms with Crippen molar-refractivity contribution in [3.8, 4) is 0 Å². The lowest BCUT2D eigenvalue weighted by Gasteiger charge is -2.31. The highest BCUT2D eigenvalue weighted by molar-refractivity contribution is 7.09. The minimum absolute atomic E-state index is 0.0956. The van der Waals surface area contributed by atoms with E-state index in [1.54, 1.807) is 23.2 Å². The number of benzene rings is 1. The van der Waals surface area contributed by atoms with Gasteiger partial charge in [-0.2, -0.15) is 0 Å². The molecule has 0 radical (unpaired) electrons. The SMILES string of the molecule is O=C(c1ccc2ccc(Cl)cc2n1)N1CCOC(c2nccs2)C1. The lowest BCUT2D eigenvalue weighted by Crippen LogP contribution is -2.42. The number of amides is 1. The van der Waals surface area contributed by atoms with Gasteiger partial charge < -0.3 is 9.64 Å². The Hall–Kier alpha value is -2.02. The Morgan fingerprint density at radius 2 is 2.21 bits per heavy atom. The van der Waals surface area contributed by atoms with Gasteiger partial charge in [-0.25, -0.2) is 9.97 Å². The Morgan fingerprint density at radius 1 is 1.33 bits per heavy atom. The van der Waals surface area contributed by atoms with Crippen LogP contribution < -0.4 is 0 Å². The quantitative estimate of drug-likeness (QED) is 0.702. The van der Waals surface area contributed by atoms with Crippen LogP contribution in [-0.2, 0) is 4.74 Å². The molecule has 7 heteroatoms. The van der Waals surface area contributed by atoms with E-state index in [2.05, 4.69) is 9.97 Å². The first-order valence-corrected chi connectivity index (χ1v) is 8.83. The van der Waals surface area contributed by atoms with Crippen LogP contribution in [0.4, 0.5) is 0 Å². The van der Waals surface area contributed by atoms with Crippen molar-refractivity contribution in [3.05, 3.63) is 57.6 Å². The van der Waals surface area contributed by atoms with Crippen LogP contribution in [0.15, 0.2) is 41.9 Å². The van der Waals surface area contributed by atoms with Gasteiger partial charge in [-0.05, 0) is 18.2 Å². The van der Waals surface area contributed by atoms with Gasteiger partial charge in [-0.1, -0.05) is 23.7 Å². The highest BCUT2D eigenvalue weighted by Gasteiger charge is 2.28. The molecule has 1 unspecified atom stereocenters. The van der Waals surface area contributed by atoms with E-state index in [0.717, 1.165) is 15.9 Å². The number of halogens is 1. The van der Waals surface area contributed by atoms with Crippen LogP contribution in [0.3, 0.4) is 0 Å². The molecule has 1 amide bonds. The molecule has 1 fully saturated rings. The molecular formula is C17H14ClN3O2S. The highest BCUT2D eigenvalue weighted by Crippen LogP contribution is 2.25. The summed E-state index contributed by atoms with van der Waals surface area (Å²) in [5, 5.41) is 4.37. The molecule has 24 heavy (non-hydrogen) atoms. The average molecular weight is 360 g/mol. The van der Waals surface area contributed by atoms with Crippen molar-refractivity contribution < 1.29 is 9.53 Å². The van der Waals surface area contributed by atoms with E-state index in [1.807, 2.05) is 23.6 Å².